The molecule has 1 aromatic carbocycles. The molecule has 1 amide bonds. The second-order valence-electron chi connectivity index (χ2n) is 6.81. The molecule has 0 spiro atoms. The predicted octanol–water partition coefficient (Wildman–Crippen LogP) is 2.43. The van der Waals surface area contributed by atoms with Crippen molar-refractivity contribution < 1.29 is 14.3 Å². The average Bonchev–Trinajstić information content (AvgIpc) is 3.17. The molecule has 1 unspecified atom stereocenters. The van der Waals surface area contributed by atoms with Crippen LogP contribution in [0.3, 0.4) is 0 Å². The number of carbonyl (C=O) groups excluding carboxylic acids is 1. The minimum absolute atomic E-state index is 0. The van der Waals surface area contributed by atoms with Crippen LogP contribution in [0.2, 0.25) is 0 Å². The molecule has 154 valence electrons. The van der Waals surface area contributed by atoms with E-state index in [9.17, 15) is 4.79 Å². The molecule has 1 saturated heterocycles. The zero-order chi connectivity index (χ0) is 19.7. The lowest BCUT2D eigenvalue weighted by Crippen LogP contribution is -2.51. The predicted molar refractivity (Wildman–Crippen MR) is 115 cm³/mol. The van der Waals surface area contributed by atoms with E-state index in [4.69, 9.17) is 9.47 Å². The standard InChI is InChI=1S/C20H23N5O3.BrH/c1-13-12-24(9-8-21-13)20(26)15-11-19-22-7-6-16(25(19)23-15)14-4-5-17(27-2)18(10-14)28-3;/h4-7,10-11,13,21H,8-9,12H2,1-3H3;1H. The fraction of sp³-hybridized carbons (Fsp3) is 0.350. The quantitative estimate of drug-likeness (QED) is 0.642. The van der Waals surface area contributed by atoms with Gasteiger partial charge in [-0.05, 0) is 31.2 Å². The Hall–Kier alpha value is -2.65. The molecule has 3 heterocycles. The second kappa shape index (κ2) is 8.79. The van der Waals surface area contributed by atoms with Gasteiger partial charge in [0, 0.05) is 43.5 Å². The maximum absolute atomic E-state index is 12.9. The zero-order valence-corrected chi connectivity index (χ0v) is 18.3. The van der Waals surface area contributed by atoms with Gasteiger partial charge in [-0.3, -0.25) is 4.79 Å². The maximum Gasteiger partial charge on any atom is 0.274 e. The van der Waals surface area contributed by atoms with E-state index in [0.29, 0.717) is 35.9 Å². The lowest BCUT2D eigenvalue weighted by atomic mass is 10.1. The molecule has 1 N–H and O–H groups in total. The highest BCUT2D eigenvalue weighted by atomic mass is 79.9. The van der Waals surface area contributed by atoms with Crippen LogP contribution in [0.5, 0.6) is 11.5 Å². The number of ether oxygens (including phenoxy) is 2. The van der Waals surface area contributed by atoms with E-state index < -0.39 is 0 Å². The van der Waals surface area contributed by atoms with Crippen molar-refractivity contribution in [2.75, 3.05) is 33.9 Å². The SMILES string of the molecule is Br.COc1ccc(-c2ccnc3cc(C(=O)N4CCNC(C)C4)nn23)cc1OC. The third-order valence-electron chi connectivity index (χ3n) is 4.91. The van der Waals surface area contributed by atoms with Gasteiger partial charge in [-0.25, -0.2) is 9.50 Å². The Balaban J connectivity index is 0.00000240. The molecule has 9 heteroatoms. The number of methoxy groups -OCH3 is 2. The number of rotatable bonds is 4. The summed E-state index contributed by atoms with van der Waals surface area (Å²) in [5.41, 5.74) is 2.73. The summed E-state index contributed by atoms with van der Waals surface area (Å²) in [6, 6.07) is 9.53. The lowest BCUT2D eigenvalue weighted by molar-refractivity contribution is 0.0703. The van der Waals surface area contributed by atoms with Gasteiger partial charge in [0.25, 0.3) is 5.91 Å². The number of fused-ring (bicyclic) bond motifs is 1. The topological polar surface area (TPSA) is 81.0 Å². The summed E-state index contributed by atoms with van der Waals surface area (Å²) >= 11 is 0. The third kappa shape index (κ3) is 4.06. The van der Waals surface area contributed by atoms with Crippen molar-refractivity contribution in [1.29, 1.82) is 0 Å². The molecule has 2 aromatic heterocycles. The van der Waals surface area contributed by atoms with Crippen LogP contribution in [0.1, 0.15) is 17.4 Å². The highest BCUT2D eigenvalue weighted by molar-refractivity contribution is 8.93. The van der Waals surface area contributed by atoms with E-state index in [2.05, 4.69) is 22.3 Å². The molecule has 29 heavy (non-hydrogen) atoms. The van der Waals surface area contributed by atoms with Crippen LogP contribution in [-0.4, -0.2) is 65.3 Å². The number of hydrogen-bond donors (Lipinski definition) is 1. The molecule has 3 aromatic rings. The minimum atomic E-state index is -0.0721. The minimum Gasteiger partial charge on any atom is -0.493 e. The van der Waals surface area contributed by atoms with E-state index in [1.165, 1.54) is 0 Å². The molecule has 8 nitrogen and oxygen atoms in total. The van der Waals surface area contributed by atoms with Gasteiger partial charge in [-0.2, -0.15) is 5.10 Å². The third-order valence-corrected chi connectivity index (χ3v) is 4.91. The number of nitrogens with one attached hydrogen (secondary N) is 1. The number of carbonyl (C=O) groups is 1. The van der Waals surface area contributed by atoms with Crippen molar-refractivity contribution in [1.82, 2.24) is 24.8 Å². The second-order valence-corrected chi connectivity index (χ2v) is 6.81. The Kier molecular flexibility index (Phi) is 6.39. The van der Waals surface area contributed by atoms with Gasteiger partial charge in [0.05, 0.1) is 19.9 Å². The summed E-state index contributed by atoms with van der Waals surface area (Å²) in [4.78, 5) is 19.1. The number of benzene rings is 1. The lowest BCUT2D eigenvalue weighted by Gasteiger charge is -2.31. The van der Waals surface area contributed by atoms with Gasteiger partial charge >= 0.3 is 0 Å². The van der Waals surface area contributed by atoms with Gasteiger partial charge < -0.3 is 19.7 Å². The van der Waals surface area contributed by atoms with Crippen LogP contribution in [0.4, 0.5) is 0 Å². The van der Waals surface area contributed by atoms with Crippen LogP contribution < -0.4 is 14.8 Å². The van der Waals surface area contributed by atoms with Gasteiger partial charge in [0.2, 0.25) is 0 Å². The van der Waals surface area contributed by atoms with Gasteiger partial charge in [0.15, 0.2) is 22.8 Å². The van der Waals surface area contributed by atoms with Crippen LogP contribution in [-0.2, 0) is 0 Å². The Morgan fingerprint density at radius 2 is 1.97 bits per heavy atom. The molecular formula is C20H24BrN5O3. The number of piperazine rings is 1. The summed E-state index contributed by atoms with van der Waals surface area (Å²) in [6.07, 6.45) is 1.71. The van der Waals surface area contributed by atoms with E-state index in [0.717, 1.165) is 17.8 Å². The van der Waals surface area contributed by atoms with Crippen LogP contribution in [0.15, 0.2) is 36.5 Å². The Morgan fingerprint density at radius 3 is 2.69 bits per heavy atom. The fourth-order valence-electron chi connectivity index (χ4n) is 3.49. The molecule has 1 aliphatic heterocycles. The smallest absolute Gasteiger partial charge is 0.274 e. The monoisotopic (exact) mass is 461 g/mol. The van der Waals surface area contributed by atoms with Crippen molar-refractivity contribution in [2.45, 2.75) is 13.0 Å². The molecule has 4 rings (SSSR count). The number of halogens is 1. The van der Waals surface area contributed by atoms with Crippen molar-refractivity contribution in [3.8, 4) is 22.8 Å². The largest absolute Gasteiger partial charge is 0.493 e. The Bertz CT molecular complexity index is 1020. The number of hydrogen-bond acceptors (Lipinski definition) is 6. The van der Waals surface area contributed by atoms with E-state index in [1.807, 2.05) is 29.2 Å². The maximum atomic E-state index is 12.9. The first-order valence-corrected chi connectivity index (χ1v) is 9.20. The first-order valence-electron chi connectivity index (χ1n) is 9.20. The first kappa shape index (κ1) is 21.1. The Labute approximate surface area is 179 Å². The van der Waals surface area contributed by atoms with Crippen LogP contribution in [0, 0.1) is 0 Å². The molecular weight excluding hydrogens is 438 g/mol. The van der Waals surface area contributed by atoms with Crippen LogP contribution >= 0.6 is 17.0 Å². The van der Waals surface area contributed by atoms with Gasteiger partial charge in [0.1, 0.15) is 0 Å². The van der Waals surface area contributed by atoms with Crippen molar-refractivity contribution in [3.05, 3.63) is 42.2 Å². The molecule has 1 atom stereocenters. The van der Waals surface area contributed by atoms with Crippen molar-refractivity contribution in [3.63, 3.8) is 0 Å². The molecule has 0 radical (unpaired) electrons. The molecule has 0 aliphatic carbocycles. The van der Waals surface area contributed by atoms with Crippen molar-refractivity contribution >= 4 is 28.5 Å². The van der Waals surface area contributed by atoms with Gasteiger partial charge in [-0.1, -0.05) is 0 Å². The molecule has 1 aliphatic rings. The van der Waals surface area contributed by atoms with E-state index in [1.54, 1.807) is 31.0 Å². The average molecular weight is 462 g/mol. The zero-order valence-electron chi connectivity index (χ0n) is 16.6. The number of nitrogens with zero attached hydrogens (tertiary/aromatic N) is 4. The van der Waals surface area contributed by atoms with E-state index in [-0.39, 0.29) is 28.9 Å². The molecule has 1 fully saturated rings. The summed E-state index contributed by atoms with van der Waals surface area (Å²) in [6.45, 7) is 4.20. The Morgan fingerprint density at radius 1 is 1.17 bits per heavy atom. The summed E-state index contributed by atoms with van der Waals surface area (Å²) in [5.74, 6) is 1.21. The molecule has 0 saturated carbocycles. The van der Waals surface area contributed by atoms with Crippen molar-refractivity contribution in [2.24, 2.45) is 0 Å². The highest BCUT2D eigenvalue weighted by Gasteiger charge is 2.24. The number of amides is 1. The summed E-state index contributed by atoms with van der Waals surface area (Å²) < 4.78 is 12.4. The molecule has 0 bridgehead atoms. The first-order chi connectivity index (χ1) is 13.6. The summed E-state index contributed by atoms with van der Waals surface area (Å²) in [7, 11) is 3.20. The summed E-state index contributed by atoms with van der Waals surface area (Å²) in [5, 5.41) is 7.90. The normalized spacial score (nSPS) is 16.4. The fourth-order valence-corrected chi connectivity index (χ4v) is 3.49. The van der Waals surface area contributed by atoms with Gasteiger partial charge in [-0.15, -0.1) is 17.0 Å². The van der Waals surface area contributed by atoms with Crippen LogP contribution in [0.25, 0.3) is 16.9 Å². The highest BCUT2D eigenvalue weighted by Crippen LogP contribution is 2.32. The van der Waals surface area contributed by atoms with E-state index >= 15 is 0 Å². The number of aromatic nitrogens is 3.